The summed E-state index contributed by atoms with van der Waals surface area (Å²) >= 11 is 6.53. The Morgan fingerprint density at radius 3 is 2.50 bits per heavy atom. The standard InChI is InChI=1S/C20H27ClN6.HI/c1-22-20(24-14-16-6-3-4-9-23-16)25-15-17-18(21)7-5-8-19(17)27-12-10-26(2)11-13-27;/h3-9H,10-15H2,1-2H3,(H2,22,24,25);1H. The molecule has 2 N–H and O–H groups in total. The number of aromatic nitrogens is 1. The van der Waals surface area contributed by atoms with Gasteiger partial charge in [0, 0.05) is 62.2 Å². The average molecular weight is 515 g/mol. The van der Waals surface area contributed by atoms with E-state index in [1.165, 1.54) is 5.69 Å². The van der Waals surface area contributed by atoms with E-state index in [0.29, 0.717) is 13.1 Å². The van der Waals surface area contributed by atoms with Crippen molar-refractivity contribution < 1.29 is 0 Å². The van der Waals surface area contributed by atoms with E-state index in [9.17, 15) is 0 Å². The maximum absolute atomic E-state index is 6.53. The summed E-state index contributed by atoms with van der Waals surface area (Å²) in [4.78, 5) is 13.4. The van der Waals surface area contributed by atoms with Crippen LogP contribution < -0.4 is 15.5 Å². The molecule has 1 saturated heterocycles. The SMILES string of the molecule is CN=C(NCc1ccccn1)NCc1c(Cl)cccc1N1CCN(C)CC1.I. The molecule has 2 aromatic rings. The molecule has 28 heavy (non-hydrogen) atoms. The van der Waals surface area contributed by atoms with E-state index in [1.54, 1.807) is 13.2 Å². The molecule has 0 spiro atoms. The second-order valence-electron chi connectivity index (χ2n) is 6.63. The lowest BCUT2D eigenvalue weighted by Crippen LogP contribution is -2.45. The second kappa shape index (κ2) is 11.4. The molecule has 0 unspecified atom stereocenters. The van der Waals surface area contributed by atoms with Gasteiger partial charge in [-0.25, -0.2) is 0 Å². The Balaban J connectivity index is 0.00000280. The van der Waals surface area contributed by atoms with Crippen LogP contribution in [-0.4, -0.2) is 56.1 Å². The first-order valence-electron chi connectivity index (χ1n) is 9.22. The molecule has 1 aliphatic rings. The summed E-state index contributed by atoms with van der Waals surface area (Å²) in [5.41, 5.74) is 3.27. The number of pyridine rings is 1. The van der Waals surface area contributed by atoms with Crippen molar-refractivity contribution in [3.05, 3.63) is 58.9 Å². The molecule has 2 heterocycles. The highest BCUT2D eigenvalue weighted by Gasteiger charge is 2.18. The Bertz CT molecular complexity index is 763. The highest BCUT2D eigenvalue weighted by Crippen LogP contribution is 2.28. The minimum Gasteiger partial charge on any atom is -0.369 e. The summed E-state index contributed by atoms with van der Waals surface area (Å²) in [5.74, 6) is 0.727. The van der Waals surface area contributed by atoms with Gasteiger partial charge < -0.3 is 20.4 Å². The number of benzene rings is 1. The number of halogens is 2. The lowest BCUT2D eigenvalue weighted by atomic mass is 10.1. The average Bonchev–Trinajstić information content (AvgIpc) is 2.70. The van der Waals surface area contributed by atoms with Crippen LogP contribution in [0.2, 0.25) is 5.02 Å². The van der Waals surface area contributed by atoms with Crippen molar-refractivity contribution in [1.82, 2.24) is 20.5 Å². The van der Waals surface area contributed by atoms with Gasteiger partial charge in [0.15, 0.2) is 5.96 Å². The zero-order valence-corrected chi connectivity index (χ0v) is 19.4. The summed E-state index contributed by atoms with van der Waals surface area (Å²) < 4.78 is 0. The highest BCUT2D eigenvalue weighted by atomic mass is 127. The monoisotopic (exact) mass is 514 g/mol. The van der Waals surface area contributed by atoms with Crippen molar-refractivity contribution in [2.24, 2.45) is 4.99 Å². The molecule has 0 radical (unpaired) electrons. The summed E-state index contributed by atoms with van der Waals surface area (Å²) in [6.07, 6.45) is 1.79. The van der Waals surface area contributed by atoms with Gasteiger partial charge in [-0.1, -0.05) is 23.7 Å². The van der Waals surface area contributed by atoms with Crippen LogP contribution in [-0.2, 0) is 13.1 Å². The maximum Gasteiger partial charge on any atom is 0.191 e. The normalized spacial score (nSPS) is 15.1. The number of hydrogen-bond acceptors (Lipinski definition) is 4. The predicted molar refractivity (Wildman–Crippen MR) is 128 cm³/mol. The van der Waals surface area contributed by atoms with Gasteiger partial charge in [0.1, 0.15) is 0 Å². The number of aliphatic imine (C=N–C) groups is 1. The molecule has 8 heteroatoms. The van der Waals surface area contributed by atoms with Crippen LogP contribution in [0, 0.1) is 0 Å². The molecule has 3 rings (SSSR count). The molecule has 0 amide bonds. The van der Waals surface area contributed by atoms with Gasteiger partial charge in [-0.2, -0.15) is 0 Å². The molecule has 1 aliphatic heterocycles. The summed E-state index contributed by atoms with van der Waals surface area (Å²) in [7, 11) is 3.93. The molecule has 152 valence electrons. The minimum absolute atomic E-state index is 0. The highest BCUT2D eigenvalue weighted by molar-refractivity contribution is 14.0. The topological polar surface area (TPSA) is 55.8 Å². The lowest BCUT2D eigenvalue weighted by Gasteiger charge is -2.35. The lowest BCUT2D eigenvalue weighted by molar-refractivity contribution is 0.312. The van der Waals surface area contributed by atoms with E-state index in [4.69, 9.17) is 11.6 Å². The molecule has 0 aliphatic carbocycles. The Morgan fingerprint density at radius 1 is 1.07 bits per heavy atom. The number of piperazine rings is 1. The van der Waals surface area contributed by atoms with Crippen molar-refractivity contribution >= 4 is 47.2 Å². The fraction of sp³-hybridized carbons (Fsp3) is 0.400. The van der Waals surface area contributed by atoms with Crippen molar-refractivity contribution in [3.8, 4) is 0 Å². The van der Waals surface area contributed by atoms with E-state index in [0.717, 1.165) is 48.4 Å². The molecule has 6 nitrogen and oxygen atoms in total. The fourth-order valence-electron chi connectivity index (χ4n) is 3.14. The van der Waals surface area contributed by atoms with Crippen molar-refractivity contribution in [1.29, 1.82) is 0 Å². The molecule has 1 fully saturated rings. The second-order valence-corrected chi connectivity index (χ2v) is 7.04. The quantitative estimate of drug-likeness (QED) is 0.365. The number of hydrogen-bond donors (Lipinski definition) is 2. The van der Waals surface area contributed by atoms with Gasteiger partial charge in [-0.3, -0.25) is 9.98 Å². The number of likely N-dealkylation sites (N-methyl/N-ethyl adjacent to an activating group) is 1. The van der Waals surface area contributed by atoms with Gasteiger partial charge in [0.2, 0.25) is 0 Å². The number of rotatable bonds is 5. The zero-order chi connectivity index (χ0) is 19.1. The van der Waals surface area contributed by atoms with Crippen molar-refractivity contribution in [3.63, 3.8) is 0 Å². The van der Waals surface area contributed by atoms with Crippen LogP contribution in [0.4, 0.5) is 5.69 Å². The summed E-state index contributed by atoms with van der Waals surface area (Å²) in [6.45, 7) is 5.38. The number of nitrogens with one attached hydrogen (secondary N) is 2. The van der Waals surface area contributed by atoms with Crippen LogP contribution in [0.15, 0.2) is 47.6 Å². The van der Waals surface area contributed by atoms with Crippen LogP contribution in [0.1, 0.15) is 11.3 Å². The number of anilines is 1. The van der Waals surface area contributed by atoms with Crippen LogP contribution >= 0.6 is 35.6 Å². The summed E-state index contributed by atoms with van der Waals surface area (Å²) in [5, 5.41) is 7.44. The van der Waals surface area contributed by atoms with Crippen LogP contribution in [0.3, 0.4) is 0 Å². The molecular formula is C20H28ClIN6. The predicted octanol–water partition coefficient (Wildman–Crippen LogP) is 2.97. The van der Waals surface area contributed by atoms with Gasteiger partial charge in [0.25, 0.3) is 0 Å². The third-order valence-electron chi connectivity index (χ3n) is 4.76. The number of nitrogens with zero attached hydrogens (tertiary/aromatic N) is 4. The smallest absolute Gasteiger partial charge is 0.191 e. The molecule has 0 atom stereocenters. The third kappa shape index (κ3) is 6.22. The third-order valence-corrected chi connectivity index (χ3v) is 5.11. The first kappa shape index (κ1) is 22.7. The molecule has 0 bridgehead atoms. The van der Waals surface area contributed by atoms with E-state index in [2.05, 4.69) is 43.5 Å². The van der Waals surface area contributed by atoms with Crippen molar-refractivity contribution in [2.75, 3.05) is 45.2 Å². The summed E-state index contributed by atoms with van der Waals surface area (Å²) in [6, 6.07) is 12.0. The molecule has 0 saturated carbocycles. The molecular weight excluding hydrogens is 487 g/mol. The van der Waals surface area contributed by atoms with Crippen LogP contribution in [0.25, 0.3) is 0 Å². The first-order valence-corrected chi connectivity index (χ1v) is 9.60. The first-order chi connectivity index (χ1) is 13.2. The van der Waals surface area contributed by atoms with E-state index < -0.39 is 0 Å². The Kier molecular flexibility index (Phi) is 9.27. The molecule has 1 aromatic heterocycles. The minimum atomic E-state index is 0. The van der Waals surface area contributed by atoms with E-state index >= 15 is 0 Å². The van der Waals surface area contributed by atoms with Gasteiger partial charge >= 0.3 is 0 Å². The Labute approximate surface area is 189 Å². The number of guanidine groups is 1. The maximum atomic E-state index is 6.53. The molecule has 1 aromatic carbocycles. The largest absolute Gasteiger partial charge is 0.369 e. The zero-order valence-electron chi connectivity index (χ0n) is 16.4. The Hall–Kier alpha value is -1.58. The van der Waals surface area contributed by atoms with Crippen molar-refractivity contribution in [2.45, 2.75) is 13.1 Å². The van der Waals surface area contributed by atoms with Gasteiger partial charge in [0.05, 0.1) is 12.2 Å². The van der Waals surface area contributed by atoms with E-state index in [1.807, 2.05) is 30.3 Å². The van der Waals surface area contributed by atoms with E-state index in [-0.39, 0.29) is 24.0 Å². The fourth-order valence-corrected chi connectivity index (χ4v) is 3.37. The van der Waals surface area contributed by atoms with Gasteiger partial charge in [-0.05, 0) is 31.3 Å². The van der Waals surface area contributed by atoms with Gasteiger partial charge in [-0.15, -0.1) is 24.0 Å². The Morgan fingerprint density at radius 2 is 1.82 bits per heavy atom. The van der Waals surface area contributed by atoms with Crippen LogP contribution in [0.5, 0.6) is 0 Å².